The van der Waals surface area contributed by atoms with E-state index in [-0.39, 0.29) is 0 Å². The van der Waals surface area contributed by atoms with Crippen molar-refractivity contribution in [1.82, 2.24) is 0 Å². The van der Waals surface area contributed by atoms with Gasteiger partial charge in [0.15, 0.2) is 0 Å². The van der Waals surface area contributed by atoms with E-state index in [1.54, 1.807) is 12.5 Å². The van der Waals surface area contributed by atoms with Gasteiger partial charge in [-0.15, -0.1) is 0 Å². The highest BCUT2D eigenvalue weighted by Gasteiger charge is 2.01. The van der Waals surface area contributed by atoms with E-state index >= 15 is 0 Å². The molecule has 0 unspecified atom stereocenters. The second-order valence-corrected chi connectivity index (χ2v) is 3.33. The van der Waals surface area contributed by atoms with E-state index in [9.17, 15) is 0 Å². The van der Waals surface area contributed by atoms with Crippen molar-refractivity contribution in [3.8, 4) is 0 Å². The zero-order valence-corrected chi connectivity index (χ0v) is 9.18. The topological polar surface area (TPSA) is 51.0 Å². The molecule has 2 aromatic rings. The van der Waals surface area contributed by atoms with Gasteiger partial charge in [0, 0.05) is 0 Å². The molecule has 0 N–H and O–H groups in total. The van der Waals surface area contributed by atoms with Gasteiger partial charge in [0.25, 0.3) is 0 Å². The Kier molecular flexibility index (Phi) is 3.00. The van der Waals surface area contributed by atoms with E-state index < -0.39 is 0 Å². The van der Waals surface area contributed by atoms with Crippen LogP contribution in [0.1, 0.15) is 25.4 Å². The molecule has 2 heterocycles. The number of hydrogen-bond acceptors (Lipinski definition) is 4. The van der Waals surface area contributed by atoms with Gasteiger partial charge in [0.1, 0.15) is 22.9 Å². The van der Waals surface area contributed by atoms with Crippen LogP contribution in [0.3, 0.4) is 0 Å². The molecule has 0 saturated carbocycles. The number of nitrogens with zero attached hydrogens (tertiary/aromatic N) is 2. The third-order valence-electron chi connectivity index (χ3n) is 2.11. The SMILES string of the molecule is CC(=N/N=C(\C)c1ccco1)c1ccco1. The first-order chi connectivity index (χ1) is 7.77. The van der Waals surface area contributed by atoms with Crippen molar-refractivity contribution >= 4 is 11.4 Å². The van der Waals surface area contributed by atoms with Crippen LogP contribution >= 0.6 is 0 Å². The molecule has 16 heavy (non-hydrogen) atoms. The molecule has 0 aliphatic heterocycles. The number of furan rings is 2. The molecule has 4 heteroatoms. The Morgan fingerprint density at radius 1 is 0.875 bits per heavy atom. The molecule has 0 aliphatic rings. The van der Waals surface area contributed by atoms with Gasteiger partial charge in [0.2, 0.25) is 0 Å². The van der Waals surface area contributed by atoms with Crippen LogP contribution in [0, 0.1) is 0 Å². The molecule has 2 aromatic heterocycles. The molecule has 0 aromatic carbocycles. The van der Waals surface area contributed by atoms with Crippen molar-refractivity contribution < 1.29 is 8.83 Å². The number of hydrogen-bond donors (Lipinski definition) is 0. The van der Waals surface area contributed by atoms with Crippen LogP contribution in [0.5, 0.6) is 0 Å². The van der Waals surface area contributed by atoms with Crippen LogP contribution in [-0.4, -0.2) is 11.4 Å². The molecule has 0 atom stereocenters. The second kappa shape index (κ2) is 4.61. The largest absolute Gasteiger partial charge is 0.463 e. The summed E-state index contributed by atoms with van der Waals surface area (Å²) in [5, 5.41) is 8.15. The summed E-state index contributed by atoms with van der Waals surface area (Å²) in [5.74, 6) is 1.44. The van der Waals surface area contributed by atoms with Crippen molar-refractivity contribution in [1.29, 1.82) is 0 Å². The van der Waals surface area contributed by atoms with Crippen LogP contribution in [0.15, 0.2) is 55.8 Å². The van der Waals surface area contributed by atoms with Gasteiger partial charge in [-0.25, -0.2) is 0 Å². The molecule has 4 nitrogen and oxygen atoms in total. The lowest BCUT2D eigenvalue weighted by Crippen LogP contribution is -1.94. The van der Waals surface area contributed by atoms with E-state index in [0.29, 0.717) is 0 Å². The summed E-state index contributed by atoms with van der Waals surface area (Å²) in [6, 6.07) is 7.32. The number of rotatable bonds is 3. The zero-order valence-electron chi connectivity index (χ0n) is 9.18. The Balaban J connectivity index is 2.17. The van der Waals surface area contributed by atoms with Gasteiger partial charge in [-0.1, -0.05) is 0 Å². The molecule has 0 radical (unpaired) electrons. The second-order valence-electron chi connectivity index (χ2n) is 3.33. The molecular formula is C12H12N2O2. The maximum atomic E-state index is 5.19. The maximum Gasteiger partial charge on any atom is 0.149 e. The quantitative estimate of drug-likeness (QED) is 0.584. The highest BCUT2D eigenvalue weighted by molar-refractivity contribution is 5.99. The van der Waals surface area contributed by atoms with E-state index in [4.69, 9.17) is 8.83 Å². The minimum atomic E-state index is 0.719. The van der Waals surface area contributed by atoms with Gasteiger partial charge in [0.05, 0.1) is 12.5 Å². The third-order valence-corrected chi connectivity index (χ3v) is 2.11. The fourth-order valence-electron chi connectivity index (χ4n) is 1.22. The first-order valence-corrected chi connectivity index (χ1v) is 4.94. The van der Waals surface area contributed by atoms with Gasteiger partial charge >= 0.3 is 0 Å². The van der Waals surface area contributed by atoms with Crippen molar-refractivity contribution in [2.45, 2.75) is 13.8 Å². The average Bonchev–Trinajstić information content (AvgIpc) is 2.95. The molecule has 0 amide bonds. The lowest BCUT2D eigenvalue weighted by Gasteiger charge is -1.93. The minimum Gasteiger partial charge on any atom is -0.463 e. The van der Waals surface area contributed by atoms with Gasteiger partial charge in [-0.2, -0.15) is 10.2 Å². The van der Waals surface area contributed by atoms with Crippen molar-refractivity contribution in [3.63, 3.8) is 0 Å². The summed E-state index contributed by atoms with van der Waals surface area (Å²) in [6.45, 7) is 3.69. The minimum absolute atomic E-state index is 0.719. The molecule has 0 bridgehead atoms. The van der Waals surface area contributed by atoms with Gasteiger partial charge in [-0.05, 0) is 38.1 Å². The van der Waals surface area contributed by atoms with Crippen LogP contribution in [0.4, 0.5) is 0 Å². The van der Waals surface area contributed by atoms with E-state index in [1.807, 2.05) is 38.1 Å². The van der Waals surface area contributed by atoms with Crippen LogP contribution in [0.2, 0.25) is 0 Å². The van der Waals surface area contributed by atoms with Gasteiger partial charge in [-0.3, -0.25) is 0 Å². The zero-order chi connectivity index (χ0) is 11.4. The van der Waals surface area contributed by atoms with Crippen LogP contribution in [-0.2, 0) is 0 Å². The fraction of sp³-hybridized carbons (Fsp3) is 0.167. The van der Waals surface area contributed by atoms with E-state index in [1.165, 1.54) is 0 Å². The van der Waals surface area contributed by atoms with E-state index in [0.717, 1.165) is 22.9 Å². The van der Waals surface area contributed by atoms with Crippen LogP contribution in [0.25, 0.3) is 0 Å². The molecule has 82 valence electrons. The average molecular weight is 216 g/mol. The Morgan fingerprint density at radius 2 is 1.31 bits per heavy atom. The van der Waals surface area contributed by atoms with Crippen molar-refractivity contribution in [2.24, 2.45) is 10.2 Å². The molecule has 0 spiro atoms. The summed E-state index contributed by atoms with van der Waals surface area (Å²) in [4.78, 5) is 0. The molecule has 2 rings (SSSR count). The lowest BCUT2D eigenvalue weighted by molar-refractivity contribution is 0.555. The fourth-order valence-corrected chi connectivity index (χ4v) is 1.22. The Morgan fingerprint density at radius 3 is 1.62 bits per heavy atom. The van der Waals surface area contributed by atoms with Gasteiger partial charge < -0.3 is 8.83 Å². The highest BCUT2D eigenvalue weighted by Crippen LogP contribution is 2.05. The Labute approximate surface area is 93.3 Å². The van der Waals surface area contributed by atoms with E-state index in [2.05, 4.69) is 10.2 Å². The standard InChI is InChI=1S/C12H12N2O2/c1-9(11-5-3-7-15-11)13-14-10(2)12-6-4-8-16-12/h3-8H,1-2H3/b13-9+,14-10?. The normalized spacial score (nSPS) is 13.1. The first kappa shape index (κ1) is 10.4. The maximum absolute atomic E-state index is 5.19. The predicted molar refractivity (Wildman–Crippen MR) is 61.8 cm³/mol. The summed E-state index contributed by atoms with van der Waals surface area (Å²) in [7, 11) is 0. The molecule has 0 aliphatic carbocycles. The smallest absolute Gasteiger partial charge is 0.149 e. The first-order valence-electron chi connectivity index (χ1n) is 4.94. The van der Waals surface area contributed by atoms with Crippen LogP contribution < -0.4 is 0 Å². The summed E-state index contributed by atoms with van der Waals surface area (Å²) in [6.07, 6.45) is 3.22. The summed E-state index contributed by atoms with van der Waals surface area (Å²) >= 11 is 0. The summed E-state index contributed by atoms with van der Waals surface area (Å²) in [5.41, 5.74) is 1.46. The Hall–Kier alpha value is -2.10. The predicted octanol–water partition coefficient (Wildman–Crippen LogP) is 3.11. The molecule has 0 saturated heterocycles. The lowest BCUT2D eigenvalue weighted by atomic mass is 10.3. The monoisotopic (exact) mass is 216 g/mol. The molecule has 0 fully saturated rings. The third kappa shape index (κ3) is 2.28. The highest BCUT2D eigenvalue weighted by atomic mass is 16.3. The molecular weight excluding hydrogens is 204 g/mol. The van der Waals surface area contributed by atoms with Crippen molar-refractivity contribution in [2.75, 3.05) is 0 Å². The van der Waals surface area contributed by atoms with Crippen molar-refractivity contribution in [3.05, 3.63) is 48.3 Å². The Bertz CT molecular complexity index is 445. The summed E-state index contributed by atoms with van der Waals surface area (Å²) < 4.78 is 10.4.